The molecule has 10 rings (SSSR count). The van der Waals surface area contributed by atoms with Gasteiger partial charge in [-0.1, -0.05) is 103 Å². The van der Waals surface area contributed by atoms with E-state index in [9.17, 15) is 21.0 Å². The standard InChI is InChI=1S/C53H27F3N6/c54-53(55,56)45-17-9-12-36(30-59)52(45)37-26-50(61-46-18-7-5-15-40(46)42-22-20-32(24-48(42)61)38-13-3-1-10-34(38)28-57)44(31-60)51(27-37)62-47-19-8-6-16-41(47)43-23-21-33(25-49(43)62)39-14-4-2-11-35(39)29-58/h1-27H. The fourth-order valence-electron chi connectivity index (χ4n) is 8.88. The third kappa shape index (κ3) is 5.77. The molecule has 8 aromatic carbocycles. The second kappa shape index (κ2) is 14.4. The number of fused-ring (bicyclic) bond motifs is 6. The topological polar surface area (TPSA) is 105 Å². The summed E-state index contributed by atoms with van der Waals surface area (Å²) in [5.74, 6) is 0. The zero-order valence-electron chi connectivity index (χ0n) is 32.4. The van der Waals surface area contributed by atoms with Crippen molar-refractivity contribution in [2.75, 3.05) is 0 Å². The molecule has 0 amide bonds. The fourth-order valence-corrected chi connectivity index (χ4v) is 8.88. The number of para-hydroxylation sites is 2. The normalized spacial score (nSPS) is 11.4. The SMILES string of the molecule is N#Cc1ccccc1-c1ccc2c3ccccc3n(-c3cc(-c4c(C#N)cccc4C(F)(F)F)cc(-n4c5ccccc5c5ccc(-c6ccccc6C#N)cc54)c3C#N)c2c1. The van der Waals surface area contributed by atoms with Gasteiger partial charge >= 0.3 is 6.18 Å². The van der Waals surface area contributed by atoms with Crippen molar-refractivity contribution in [3.05, 3.63) is 192 Å². The molecule has 0 atom stereocenters. The van der Waals surface area contributed by atoms with Gasteiger partial charge in [0.15, 0.2) is 0 Å². The lowest BCUT2D eigenvalue weighted by atomic mass is 9.92. The molecule has 0 fully saturated rings. The van der Waals surface area contributed by atoms with Crippen LogP contribution < -0.4 is 0 Å². The molecular formula is C53H27F3N6. The minimum atomic E-state index is -4.83. The van der Waals surface area contributed by atoms with E-state index in [-0.39, 0.29) is 33.6 Å². The zero-order chi connectivity index (χ0) is 42.7. The molecule has 6 nitrogen and oxygen atoms in total. The van der Waals surface area contributed by atoms with Crippen LogP contribution in [-0.4, -0.2) is 9.13 Å². The maximum Gasteiger partial charge on any atom is 0.417 e. The van der Waals surface area contributed by atoms with Gasteiger partial charge in [-0.05, 0) is 88.5 Å². The van der Waals surface area contributed by atoms with E-state index < -0.39 is 11.7 Å². The molecule has 2 aromatic heterocycles. The summed E-state index contributed by atoms with van der Waals surface area (Å²) in [6.07, 6.45) is -4.83. The number of nitriles is 4. The average molecular weight is 805 g/mol. The predicted molar refractivity (Wildman–Crippen MR) is 235 cm³/mol. The number of rotatable bonds is 5. The van der Waals surface area contributed by atoms with E-state index in [2.05, 4.69) is 18.2 Å². The molecule has 0 saturated carbocycles. The Bertz CT molecular complexity index is 3500. The second-order valence-electron chi connectivity index (χ2n) is 14.8. The number of aromatic nitrogens is 2. The first-order chi connectivity index (χ1) is 30.2. The number of halogens is 3. The minimum absolute atomic E-state index is 0.0762. The molecule has 0 aliphatic carbocycles. The summed E-state index contributed by atoms with van der Waals surface area (Å²) in [4.78, 5) is 0. The lowest BCUT2D eigenvalue weighted by molar-refractivity contribution is -0.137. The van der Waals surface area contributed by atoms with E-state index in [1.54, 1.807) is 36.4 Å². The van der Waals surface area contributed by atoms with Crippen molar-refractivity contribution in [2.24, 2.45) is 0 Å². The number of hydrogen-bond donors (Lipinski definition) is 0. The molecule has 0 unspecified atom stereocenters. The van der Waals surface area contributed by atoms with Crippen molar-refractivity contribution in [1.82, 2.24) is 9.13 Å². The molecule has 0 spiro atoms. The molecule has 0 aliphatic heterocycles. The summed E-state index contributed by atoms with van der Waals surface area (Å²) >= 11 is 0. The van der Waals surface area contributed by atoms with Crippen LogP contribution in [-0.2, 0) is 6.18 Å². The number of benzene rings is 8. The van der Waals surface area contributed by atoms with Gasteiger partial charge < -0.3 is 9.13 Å². The van der Waals surface area contributed by atoms with Crippen molar-refractivity contribution in [3.63, 3.8) is 0 Å². The van der Waals surface area contributed by atoms with Crippen LogP contribution >= 0.6 is 0 Å². The fraction of sp³-hybridized carbons (Fsp3) is 0.0189. The van der Waals surface area contributed by atoms with Gasteiger partial charge in [0.05, 0.1) is 73.9 Å². The van der Waals surface area contributed by atoms with Gasteiger partial charge in [0.25, 0.3) is 0 Å². The molecule has 0 saturated heterocycles. The number of alkyl halides is 3. The van der Waals surface area contributed by atoms with Crippen LogP contribution in [0.2, 0.25) is 0 Å². The molecule has 0 N–H and O–H groups in total. The van der Waals surface area contributed by atoms with Gasteiger partial charge in [0.2, 0.25) is 0 Å². The summed E-state index contributed by atoms with van der Waals surface area (Å²) in [5, 5.41) is 45.2. The van der Waals surface area contributed by atoms with Crippen molar-refractivity contribution in [3.8, 4) is 69.0 Å². The molecule has 0 bridgehead atoms. The van der Waals surface area contributed by atoms with Gasteiger partial charge in [-0.25, -0.2) is 0 Å². The summed E-state index contributed by atoms with van der Waals surface area (Å²) < 4.78 is 49.1. The van der Waals surface area contributed by atoms with E-state index >= 15 is 13.2 Å². The van der Waals surface area contributed by atoms with Crippen LogP contribution in [0, 0.1) is 45.3 Å². The Kier molecular flexibility index (Phi) is 8.70. The van der Waals surface area contributed by atoms with Gasteiger partial charge in [-0.3, -0.25) is 0 Å². The Morgan fingerprint density at radius 2 is 0.823 bits per heavy atom. The van der Waals surface area contributed by atoms with Gasteiger partial charge in [0.1, 0.15) is 11.6 Å². The Balaban J connectivity index is 1.39. The third-order valence-electron chi connectivity index (χ3n) is 11.5. The Hall–Kier alpha value is -8.89. The molecule has 290 valence electrons. The van der Waals surface area contributed by atoms with Crippen LogP contribution in [0.25, 0.3) is 88.4 Å². The van der Waals surface area contributed by atoms with Crippen LogP contribution in [0.4, 0.5) is 13.2 Å². The van der Waals surface area contributed by atoms with Crippen molar-refractivity contribution in [1.29, 1.82) is 21.0 Å². The predicted octanol–water partition coefficient (Wildman–Crippen LogP) is 13.4. The van der Waals surface area contributed by atoms with E-state index in [1.807, 2.05) is 124 Å². The van der Waals surface area contributed by atoms with Crippen LogP contribution in [0.3, 0.4) is 0 Å². The summed E-state index contributed by atoms with van der Waals surface area (Å²) in [6.45, 7) is 0. The highest BCUT2D eigenvalue weighted by molar-refractivity contribution is 6.12. The number of hydrogen-bond acceptors (Lipinski definition) is 4. The Morgan fingerprint density at radius 3 is 1.29 bits per heavy atom. The summed E-state index contributed by atoms with van der Waals surface area (Å²) in [7, 11) is 0. The molecule has 10 aromatic rings. The first kappa shape index (κ1) is 37.4. The van der Waals surface area contributed by atoms with Gasteiger partial charge in [-0.2, -0.15) is 34.2 Å². The molecule has 9 heteroatoms. The first-order valence-electron chi connectivity index (χ1n) is 19.5. The molecule has 2 heterocycles. The lowest BCUT2D eigenvalue weighted by Gasteiger charge is -2.21. The van der Waals surface area contributed by atoms with Gasteiger partial charge in [-0.15, -0.1) is 0 Å². The van der Waals surface area contributed by atoms with Crippen LogP contribution in [0.5, 0.6) is 0 Å². The zero-order valence-corrected chi connectivity index (χ0v) is 32.4. The third-order valence-corrected chi connectivity index (χ3v) is 11.5. The Labute approximate surface area is 352 Å². The maximum atomic E-state index is 15.1. The highest BCUT2D eigenvalue weighted by Crippen LogP contribution is 2.45. The summed E-state index contributed by atoms with van der Waals surface area (Å²) in [6, 6.07) is 57.0. The van der Waals surface area contributed by atoms with E-state index in [4.69, 9.17) is 0 Å². The largest absolute Gasteiger partial charge is 0.417 e. The lowest BCUT2D eigenvalue weighted by Crippen LogP contribution is -2.10. The molecule has 0 aliphatic rings. The maximum absolute atomic E-state index is 15.1. The van der Waals surface area contributed by atoms with Crippen molar-refractivity contribution in [2.45, 2.75) is 6.18 Å². The molecular weight excluding hydrogens is 778 g/mol. The second-order valence-corrected chi connectivity index (χ2v) is 14.8. The quantitative estimate of drug-likeness (QED) is 0.173. The van der Waals surface area contributed by atoms with E-state index in [0.717, 1.165) is 38.7 Å². The van der Waals surface area contributed by atoms with Gasteiger partial charge in [0, 0.05) is 27.1 Å². The first-order valence-corrected chi connectivity index (χ1v) is 19.5. The highest BCUT2D eigenvalue weighted by atomic mass is 19.4. The summed E-state index contributed by atoms with van der Waals surface area (Å²) in [5.41, 5.74) is 5.78. The smallest absolute Gasteiger partial charge is 0.308 e. The van der Waals surface area contributed by atoms with Crippen molar-refractivity contribution >= 4 is 43.6 Å². The van der Waals surface area contributed by atoms with Crippen LogP contribution in [0.15, 0.2) is 164 Å². The molecule has 62 heavy (non-hydrogen) atoms. The number of nitrogens with zero attached hydrogens (tertiary/aromatic N) is 6. The average Bonchev–Trinajstić information content (AvgIpc) is 3.82. The van der Waals surface area contributed by atoms with E-state index in [1.165, 1.54) is 12.1 Å². The molecule has 0 radical (unpaired) electrons. The van der Waals surface area contributed by atoms with E-state index in [0.29, 0.717) is 44.3 Å². The highest BCUT2D eigenvalue weighted by Gasteiger charge is 2.35. The Morgan fingerprint density at radius 1 is 0.387 bits per heavy atom. The van der Waals surface area contributed by atoms with Crippen LogP contribution in [0.1, 0.15) is 27.8 Å². The monoisotopic (exact) mass is 804 g/mol. The van der Waals surface area contributed by atoms with Crippen molar-refractivity contribution < 1.29 is 13.2 Å². The minimum Gasteiger partial charge on any atom is -0.308 e.